The van der Waals surface area contributed by atoms with Crippen LogP contribution in [0.1, 0.15) is 70.6 Å². The molecule has 0 N–H and O–H groups in total. The summed E-state index contributed by atoms with van der Waals surface area (Å²) < 4.78 is 0.909. The Morgan fingerprint density at radius 1 is 0.962 bits per heavy atom. The van der Waals surface area contributed by atoms with Gasteiger partial charge in [0, 0.05) is 3.92 Å². The maximum Gasteiger partial charge on any atom is 0.0115 e. The van der Waals surface area contributed by atoms with Gasteiger partial charge in [-0.25, -0.2) is 0 Å². The predicted octanol–water partition coefficient (Wildman–Crippen LogP) is 7.81. The molecule has 6 atom stereocenters. The Labute approximate surface area is 174 Å². The first-order chi connectivity index (χ1) is 12.7. The Bertz CT molecular complexity index is 595. The zero-order valence-electron chi connectivity index (χ0n) is 16.2. The van der Waals surface area contributed by atoms with E-state index >= 15 is 0 Å². The molecule has 0 radical (unpaired) electrons. The third kappa shape index (κ3) is 4.39. The van der Waals surface area contributed by atoms with Crippen molar-refractivity contribution < 1.29 is 0 Å². The molecule has 142 valence electrons. The smallest absolute Gasteiger partial charge is 0.0115 e. The van der Waals surface area contributed by atoms with Crippen LogP contribution in [0.15, 0.2) is 48.1 Å². The molecular formula is C25H35I. The van der Waals surface area contributed by atoms with E-state index in [1.165, 1.54) is 76.2 Å². The zero-order chi connectivity index (χ0) is 17.9. The van der Waals surface area contributed by atoms with Gasteiger partial charge in [0.25, 0.3) is 0 Å². The Morgan fingerprint density at radius 2 is 1.88 bits per heavy atom. The van der Waals surface area contributed by atoms with Gasteiger partial charge in [-0.3, -0.25) is 0 Å². The SMILES string of the molecule is C=C1/C=C\CCCCCC2CC([C@H]3C=CC4C[C@@H](I)CCC4C3)=CC[C@H]12. The van der Waals surface area contributed by atoms with Crippen LogP contribution in [0.5, 0.6) is 0 Å². The van der Waals surface area contributed by atoms with E-state index in [0.29, 0.717) is 5.92 Å². The molecule has 0 aromatic rings. The van der Waals surface area contributed by atoms with E-state index in [0.717, 1.165) is 27.6 Å². The first-order valence-electron chi connectivity index (χ1n) is 11.1. The number of alkyl halides is 1. The lowest BCUT2D eigenvalue weighted by atomic mass is 9.66. The van der Waals surface area contributed by atoms with Gasteiger partial charge in [-0.15, -0.1) is 0 Å². The topological polar surface area (TPSA) is 0 Å². The van der Waals surface area contributed by atoms with Crippen LogP contribution in [-0.2, 0) is 0 Å². The van der Waals surface area contributed by atoms with Gasteiger partial charge in [-0.2, -0.15) is 0 Å². The lowest BCUT2D eigenvalue weighted by Crippen LogP contribution is -2.30. The van der Waals surface area contributed by atoms with E-state index in [4.69, 9.17) is 0 Å². The lowest BCUT2D eigenvalue weighted by Gasteiger charge is -2.40. The maximum absolute atomic E-state index is 4.44. The van der Waals surface area contributed by atoms with Crippen molar-refractivity contribution in [1.29, 1.82) is 0 Å². The molecule has 0 nitrogen and oxygen atoms in total. The second-order valence-electron chi connectivity index (χ2n) is 9.26. The number of rotatable bonds is 1. The van der Waals surface area contributed by atoms with Crippen molar-refractivity contribution in [2.75, 3.05) is 0 Å². The third-order valence-electron chi connectivity index (χ3n) is 7.56. The standard InChI is InChI=1S/C25H35I/c1-18-7-5-3-2-4-6-8-23-16-21(12-14-25(18)23)19-9-10-22-17-24(26)13-11-20(22)15-19/h5,7,9-10,12,19-20,22-25H,1-4,6,8,11,13-17H2/b7-5-/t19-,20?,22?,23?,24-,25+/m0/s1. The van der Waals surface area contributed by atoms with Crippen LogP contribution in [0.4, 0.5) is 0 Å². The number of fused-ring (bicyclic) bond motifs is 2. The molecule has 26 heavy (non-hydrogen) atoms. The van der Waals surface area contributed by atoms with Gasteiger partial charge in [-0.1, -0.05) is 83.5 Å². The van der Waals surface area contributed by atoms with Gasteiger partial charge >= 0.3 is 0 Å². The van der Waals surface area contributed by atoms with E-state index in [-0.39, 0.29) is 0 Å². The van der Waals surface area contributed by atoms with Crippen molar-refractivity contribution in [2.24, 2.45) is 29.6 Å². The fourth-order valence-electron chi connectivity index (χ4n) is 5.96. The second-order valence-corrected chi connectivity index (χ2v) is 11.0. The van der Waals surface area contributed by atoms with Crippen molar-refractivity contribution in [1.82, 2.24) is 0 Å². The molecule has 0 amide bonds. The number of hydrogen-bond donors (Lipinski definition) is 0. The van der Waals surface area contributed by atoms with Gasteiger partial charge in [0.15, 0.2) is 0 Å². The monoisotopic (exact) mass is 462 g/mol. The summed E-state index contributed by atoms with van der Waals surface area (Å²) >= 11 is 2.67. The molecule has 0 bridgehead atoms. The summed E-state index contributed by atoms with van der Waals surface area (Å²) in [6.45, 7) is 4.44. The summed E-state index contributed by atoms with van der Waals surface area (Å²) in [6, 6.07) is 0. The van der Waals surface area contributed by atoms with Crippen LogP contribution in [0.2, 0.25) is 0 Å². The normalized spacial score (nSPS) is 42.3. The van der Waals surface area contributed by atoms with Gasteiger partial charge in [0.1, 0.15) is 0 Å². The molecule has 1 saturated carbocycles. The quantitative estimate of drug-likeness (QED) is 0.212. The highest BCUT2D eigenvalue weighted by Crippen LogP contribution is 2.46. The average Bonchev–Trinajstić information content (AvgIpc) is 2.66. The minimum Gasteiger partial charge on any atom is -0.0955 e. The summed E-state index contributed by atoms with van der Waals surface area (Å²) in [6.07, 6.45) is 27.7. The molecule has 4 aliphatic carbocycles. The van der Waals surface area contributed by atoms with E-state index in [9.17, 15) is 0 Å². The molecule has 3 unspecified atom stereocenters. The number of hydrogen-bond acceptors (Lipinski definition) is 0. The zero-order valence-corrected chi connectivity index (χ0v) is 18.4. The lowest BCUT2D eigenvalue weighted by molar-refractivity contribution is 0.240. The molecule has 0 aromatic heterocycles. The minimum atomic E-state index is 0.697. The van der Waals surface area contributed by atoms with Gasteiger partial charge in [0.05, 0.1) is 0 Å². The number of halogens is 1. The molecule has 0 spiro atoms. The van der Waals surface area contributed by atoms with Crippen molar-refractivity contribution in [2.45, 2.75) is 74.6 Å². The largest absolute Gasteiger partial charge is 0.0955 e. The summed E-state index contributed by atoms with van der Waals surface area (Å²) in [5.41, 5.74) is 3.17. The van der Waals surface area contributed by atoms with Crippen LogP contribution in [0.3, 0.4) is 0 Å². The van der Waals surface area contributed by atoms with Crippen molar-refractivity contribution in [3.8, 4) is 0 Å². The molecule has 0 heterocycles. The molecular weight excluding hydrogens is 427 g/mol. The van der Waals surface area contributed by atoms with E-state index in [1.54, 1.807) is 5.57 Å². The molecule has 4 rings (SSSR count). The van der Waals surface area contributed by atoms with Crippen molar-refractivity contribution >= 4 is 22.6 Å². The molecule has 4 aliphatic rings. The van der Waals surface area contributed by atoms with Crippen molar-refractivity contribution in [3.63, 3.8) is 0 Å². The molecule has 0 aromatic carbocycles. The van der Waals surface area contributed by atoms with Crippen LogP contribution in [0, 0.1) is 29.6 Å². The van der Waals surface area contributed by atoms with Crippen molar-refractivity contribution in [3.05, 3.63) is 48.1 Å². The first-order valence-corrected chi connectivity index (χ1v) is 12.3. The Hall–Kier alpha value is -0.310. The van der Waals surface area contributed by atoms with Gasteiger partial charge < -0.3 is 0 Å². The third-order valence-corrected chi connectivity index (χ3v) is 8.69. The maximum atomic E-state index is 4.44. The highest BCUT2D eigenvalue weighted by molar-refractivity contribution is 14.1. The van der Waals surface area contributed by atoms with Crippen LogP contribution in [-0.4, -0.2) is 3.92 Å². The summed E-state index contributed by atoms with van der Waals surface area (Å²) in [5, 5.41) is 0. The minimum absolute atomic E-state index is 0.697. The summed E-state index contributed by atoms with van der Waals surface area (Å²) in [7, 11) is 0. The van der Waals surface area contributed by atoms with Crippen LogP contribution in [0.25, 0.3) is 0 Å². The Kier molecular flexibility index (Phi) is 6.44. The van der Waals surface area contributed by atoms with E-state index in [1.807, 2.05) is 0 Å². The summed E-state index contributed by atoms with van der Waals surface area (Å²) in [5.74, 6) is 4.10. The van der Waals surface area contributed by atoms with Gasteiger partial charge in [-0.05, 0) is 87.4 Å². The van der Waals surface area contributed by atoms with Crippen LogP contribution >= 0.6 is 22.6 Å². The fraction of sp³-hybridized carbons (Fsp3) is 0.680. The second kappa shape index (κ2) is 8.80. The van der Waals surface area contributed by atoms with E-state index in [2.05, 4.69) is 59.5 Å². The molecule has 1 fully saturated rings. The highest BCUT2D eigenvalue weighted by atomic mass is 127. The fourth-order valence-corrected chi connectivity index (χ4v) is 6.91. The van der Waals surface area contributed by atoms with Gasteiger partial charge in [0.2, 0.25) is 0 Å². The number of allylic oxidation sites excluding steroid dienone is 7. The predicted molar refractivity (Wildman–Crippen MR) is 122 cm³/mol. The average molecular weight is 462 g/mol. The summed E-state index contributed by atoms with van der Waals surface area (Å²) in [4.78, 5) is 0. The van der Waals surface area contributed by atoms with Crippen LogP contribution < -0.4 is 0 Å². The van der Waals surface area contributed by atoms with E-state index < -0.39 is 0 Å². The molecule has 0 aliphatic heterocycles. The molecule has 1 heteroatoms. The highest BCUT2D eigenvalue weighted by Gasteiger charge is 2.35. The molecule has 0 saturated heterocycles. The Balaban J connectivity index is 1.46. The Morgan fingerprint density at radius 3 is 2.81 bits per heavy atom. The first kappa shape index (κ1) is 19.0.